The fourth-order valence-electron chi connectivity index (χ4n) is 1.92. The minimum Gasteiger partial charge on any atom is -0.481 e. The smallest absolute Gasteiger partial charge is 0.338 e. The molecule has 24 heavy (non-hydrogen) atoms. The minimum absolute atomic E-state index is 0.301. The summed E-state index contributed by atoms with van der Waals surface area (Å²) in [6.45, 7) is 3.62. The number of esters is 1. The Bertz CT molecular complexity index is 698. The predicted octanol–water partition coefficient (Wildman–Crippen LogP) is 3.41. The topological polar surface area (TPSA) is 64.6 Å². The summed E-state index contributed by atoms with van der Waals surface area (Å²) in [5.41, 5.74) is 0.938. The Balaban J connectivity index is 1.93. The number of ether oxygens (including phenoxy) is 2. The number of halogens is 1. The monoisotopic (exact) mass is 331 g/mol. The molecule has 1 atom stereocenters. The quantitative estimate of drug-likeness (QED) is 0.824. The van der Waals surface area contributed by atoms with Crippen LogP contribution in [0.2, 0.25) is 0 Å². The van der Waals surface area contributed by atoms with Gasteiger partial charge >= 0.3 is 5.97 Å². The van der Waals surface area contributed by atoms with Crippen molar-refractivity contribution in [3.05, 3.63) is 59.9 Å². The van der Waals surface area contributed by atoms with Crippen LogP contribution in [0.1, 0.15) is 24.2 Å². The van der Waals surface area contributed by atoms with Gasteiger partial charge in [0.05, 0.1) is 12.2 Å². The van der Waals surface area contributed by atoms with Crippen LogP contribution < -0.4 is 10.1 Å². The number of rotatable bonds is 6. The normalized spacial score (nSPS) is 11.5. The number of carbonyl (C=O) groups is 2. The van der Waals surface area contributed by atoms with Crippen molar-refractivity contribution in [1.82, 2.24) is 0 Å². The number of hydrogen-bond acceptors (Lipinski definition) is 4. The van der Waals surface area contributed by atoms with Crippen LogP contribution in [0, 0.1) is 5.82 Å². The molecule has 0 bridgehead atoms. The lowest BCUT2D eigenvalue weighted by molar-refractivity contribution is -0.122. The van der Waals surface area contributed by atoms with E-state index in [1.807, 2.05) is 0 Å². The first kappa shape index (κ1) is 17.5. The van der Waals surface area contributed by atoms with E-state index in [1.165, 1.54) is 24.3 Å². The number of amides is 1. The fourth-order valence-corrected chi connectivity index (χ4v) is 1.92. The van der Waals surface area contributed by atoms with Gasteiger partial charge in [0.25, 0.3) is 5.91 Å². The van der Waals surface area contributed by atoms with E-state index in [9.17, 15) is 14.0 Å². The molecule has 2 aromatic rings. The summed E-state index contributed by atoms with van der Waals surface area (Å²) < 4.78 is 23.2. The van der Waals surface area contributed by atoms with E-state index in [0.29, 0.717) is 23.6 Å². The molecule has 0 saturated heterocycles. The average Bonchev–Trinajstić information content (AvgIpc) is 2.57. The highest BCUT2D eigenvalue weighted by Crippen LogP contribution is 2.15. The third kappa shape index (κ3) is 4.81. The molecule has 1 amide bonds. The highest BCUT2D eigenvalue weighted by Gasteiger charge is 2.15. The lowest BCUT2D eigenvalue weighted by atomic mass is 10.2. The van der Waals surface area contributed by atoms with Gasteiger partial charge in [0.2, 0.25) is 0 Å². The Hall–Kier alpha value is -2.89. The van der Waals surface area contributed by atoms with Crippen LogP contribution in [-0.4, -0.2) is 24.6 Å². The van der Waals surface area contributed by atoms with Crippen LogP contribution in [0.15, 0.2) is 48.5 Å². The molecule has 2 rings (SSSR count). The Kier molecular flexibility index (Phi) is 5.89. The molecule has 1 unspecified atom stereocenters. The molecule has 0 fully saturated rings. The maximum absolute atomic E-state index is 12.8. The average molecular weight is 331 g/mol. The summed E-state index contributed by atoms with van der Waals surface area (Å²) in [6, 6.07) is 11.8. The zero-order valence-electron chi connectivity index (χ0n) is 13.4. The van der Waals surface area contributed by atoms with Gasteiger partial charge in [-0.15, -0.1) is 0 Å². The first-order valence-corrected chi connectivity index (χ1v) is 7.50. The second-order valence-electron chi connectivity index (χ2n) is 5.00. The van der Waals surface area contributed by atoms with Crippen molar-refractivity contribution in [2.45, 2.75) is 20.0 Å². The molecule has 5 nitrogen and oxygen atoms in total. The molecule has 1 N–H and O–H groups in total. The number of nitrogens with one attached hydrogen (secondary N) is 1. The molecule has 0 aliphatic heterocycles. The van der Waals surface area contributed by atoms with E-state index in [-0.39, 0.29) is 11.7 Å². The molecular formula is C18H18FNO4. The van der Waals surface area contributed by atoms with Gasteiger partial charge in [-0.1, -0.05) is 0 Å². The molecule has 6 heteroatoms. The summed E-state index contributed by atoms with van der Waals surface area (Å²) in [5, 5.41) is 2.68. The lowest BCUT2D eigenvalue weighted by Crippen LogP contribution is -2.30. The van der Waals surface area contributed by atoms with E-state index in [4.69, 9.17) is 9.47 Å². The predicted molar refractivity (Wildman–Crippen MR) is 87.5 cm³/mol. The van der Waals surface area contributed by atoms with Crippen LogP contribution in [0.3, 0.4) is 0 Å². The van der Waals surface area contributed by atoms with Crippen LogP contribution in [0.4, 0.5) is 10.1 Å². The second kappa shape index (κ2) is 8.10. The standard InChI is InChI=1S/C18H18FNO4/c1-3-23-18(22)13-4-8-15(9-5-13)20-17(21)12(2)24-16-10-6-14(19)7-11-16/h4-12H,3H2,1-2H3,(H,20,21). The Morgan fingerprint density at radius 1 is 1.08 bits per heavy atom. The van der Waals surface area contributed by atoms with Crippen LogP contribution in [-0.2, 0) is 9.53 Å². The first-order valence-electron chi connectivity index (χ1n) is 7.50. The maximum atomic E-state index is 12.8. The van der Waals surface area contributed by atoms with Crippen LogP contribution in [0.25, 0.3) is 0 Å². The van der Waals surface area contributed by atoms with Crippen LogP contribution >= 0.6 is 0 Å². The lowest BCUT2D eigenvalue weighted by Gasteiger charge is -2.15. The van der Waals surface area contributed by atoms with Gasteiger partial charge in [-0.05, 0) is 62.4 Å². The number of hydrogen-bond donors (Lipinski definition) is 1. The van der Waals surface area contributed by atoms with Crippen molar-refractivity contribution in [2.75, 3.05) is 11.9 Å². The maximum Gasteiger partial charge on any atom is 0.338 e. The SMILES string of the molecule is CCOC(=O)c1ccc(NC(=O)C(C)Oc2ccc(F)cc2)cc1. The molecule has 0 spiro atoms. The van der Waals surface area contributed by atoms with Gasteiger partial charge in [-0.2, -0.15) is 0 Å². The molecule has 0 radical (unpaired) electrons. The van der Waals surface area contributed by atoms with E-state index >= 15 is 0 Å². The Labute approximate surface area is 139 Å². The van der Waals surface area contributed by atoms with Crippen molar-refractivity contribution < 1.29 is 23.5 Å². The van der Waals surface area contributed by atoms with Gasteiger partial charge in [-0.3, -0.25) is 4.79 Å². The summed E-state index contributed by atoms with van der Waals surface area (Å²) in [6.07, 6.45) is -0.764. The zero-order chi connectivity index (χ0) is 17.5. The Morgan fingerprint density at radius 2 is 1.71 bits per heavy atom. The van der Waals surface area contributed by atoms with Crippen molar-refractivity contribution in [3.8, 4) is 5.75 Å². The van der Waals surface area contributed by atoms with Crippen LogP contribution in [0.5, 0.6) is 5.75 Å². The molecule has 0 aliphatic rings. The number of benzene rings is 2. The minimum atomic E-state index is -0.764. The third-order valence-corrected chi connectivity index (χ3v) is 3.16. The largest absolute Gasteiger partial charge is 0.481 e. The van der Waals surface area contributed by atoms with Gasteiger partial charge in [0.1, 0.15) is 11.6 Å². The van der Waals surface area contributed by atoms with E-state index in [1.54, 1.807) is 38.1 Å². The number of anilines is 1. The molecule has 126 valence electrons. The van der Waals surface area contributed by atoms with Gasteiger partial charge < -0.3 is 14.8 Å². The molecule has 0 aliphatic carbocycles. The summed E-state index contributed by atoms with van der Waals surface area (Å²) in [7, 11) is 0. The number of carbonyl (C=O) groups excluding carboxylic acids is 2. The molecule has 0 saturated carbocycles. The summed E-state index contributed by atoms with van der Waals surface area (Å²) in [4.78, 5) is 23.7. The van der Waals surface area contributed by atoms with Crippen molar-refractivity contribution in [2.24, 2.45) is 0 Å². The zero-order valence-corrected chi connectivity index (χ0v) is 13.4. The van der Waals surface area contributed by atoms with Crippen molar-refractivity contribution in [1.29, 1.82) is 0 Å². The second-order valence-corrected chi connectivity index (χ2v) is 5.00. The molecule has 0 heterocycles. The molecular weight excluding hydrogens is 313 g/mol. The van der Waals surface area contributed by atoms with Crippen molar-refractivity contribution >= 4 is 17.6 Å². The fraction of sp³-hybridized carbons (Fsp3) is 0.222. The molecule has 2 aromatic carbocycles. The van der Waals surface area contributed by atoms with Gasteiger partial charge in [0.15, 0.2) is 6.10 Å². The molecule has 0 aromatic heterocycles. The van der Waals surface area contributed by atoms with E-state index in [2.05, 4.69) is 5.32 Å². The first-order chi connectivity index (χ1) is 11.5. The van der Waals surface area contributed by atoms with Gasteiger partial charge in [-0.25, -0.2) is 9.18 Å². The van der Waals surface area contributed by atoms with E-state index < -0.39 is 12.1 Å². The summed E-state index contributed by atoms with van der Waals surface area (Å²) >= 11 is 0. The summed E-state index contributed by atoms with van der Waals surface area (Å²) in [5.74, 6) is -0.746. The highest BCUT2D eigenvalue weighted by molar-refractivity contribution is 5.95. The third-order valence-electron chi connectivity index (χ3n) is 3.16. The highest BCUT2D eigenvalue weighted by atomic mass is 19.1. The Morgan fingerprint density at radius 3 is 2.29 bits per heavy atom. The van der Waals surface area contributed by atoms with Crippen molar-refractivity contribution in [3.63, 3.8) is 0 Å². The van der Waals surface area contributed by atoms with Gasteiger partial charge in [0, 0.05) is 5.69 Å². The van der Waals surface area contributed by atoms with E-state index in [0.717, 1.165) is 0 Å².